The number of aryl methyl sites for hydroxylation is 1. The van der Waals surface area contributed by atoms with Gasteiger partial charge in [0.2, 0.25) is 0 Å². The number of nitrogens with zero attached hydrogens (tertiary/aromatic N) is 2. The van der Waals surface area contributed by atoms with Gasteiger partial charge in [-0.15, -0.1) is 0 Å². The summed E-state index contributed by atoms with van der Waals surface area (Å²) in [6, 6.07) is 6.68. The zero-order valence-corrected chi connectivity index (χ0v) is 9.25. The molecule has 0 saturated carbocycles. The molecule has 0 radical (unpaired) electrons. The second kappa shape index (κ2) is 4.61. The molecule has 0 aliphatic heterocycles. The molecule has 5 heteroatoms. The van der Waals surface area contributed by atoms with E-state index in [4.69, 9.17) is 0 Å². The number of rotatable bonds is 2. The van der Waals surface area contributed by atoms with E-state index in [2.05, 4.69) is 10.3 Å². The number of carbonyl (C=O) groups is 1. The third kappa shape index (κ3) is 2.78. The van der Waals surface area contributed by atoms with E-state index in [0.29, 0.717) is 16.1 Å². The highest BCUT2D eigenvalue weighted by molar-refractivity contribution is 6.03. The molecule has 0 spiro atoms. The van der Waals surface area contributed by atoms with Crippen molar-refractivity contribution < 1.29 is 9.52 Å². The summed E-state index contributed by atoms with van der Waals surface area (Å²) in [4.78, 5) is 15.8. The fraction of sp³-hybridized carbons (Fsp3) is 0.0833. The third-order valence-corrected chi connectivity index (χ3v) is 2.19. The van der Waals surface area contributed by atoms with Crippen LogP contribution in [0.1, 0.15) is 15.9 Å². The summed E-state index contributed by atoms with van der Waals surface area (Å²) in [7, 11) is 0. The Labute approximate surface area is 98.3 Å². The maximum Gasteiger partial charge on any atom is 0.262 e. The van der Waals surface area contributed by atoms with Gasteiger partial charge >= 0.3 is 0 Å². The zero-order valence-electron chi connectivity index (χ0n) is 9.25. The van der Waals surface area contributed by atoms with Gasteiger partial charge in [-0.1, -0.05) is 0 Å². The van der Waals surface area contributed by atoms with Crippen LogP contribution in [-0.4, -0.2) is 10.9 Å². The summed E-state index contributed by atoms with van der Waals surface area (Å²) in [5, 5.41) is 13.6. The summed E-state index contributed by atoms with van der Waals surface area (Å²) in [5.41, 5.74) is 1.30. The summed E-state index contributed by atoms with van der Waals surface area (Å²) >= 11 is 0. The molecule has 86 valence electrons. The summed E-state index contributed by atoms with van der Waals surface area (Å²) in [5.74, 6) is 0.115. The lowest BCUT2D eigenvalue weighted by molar-refractivity contribution is -0.605. The van der Waals surface area contributed by atoms with Crippen LogP contribution >= 0.6 is 0 Å². The molecular formula is C12H11N3O2. The predicted molar refractivity (Wildman–Crippen MR) is 62.3 cm³/mol. The molecule has 0 aliphatic carbocycles. The normalized spacial score (nSPS) is 9.94. The molecule has 17 heavy (non-hydrogen) atoms. The molecule has 0 saturated heterocycles. The molecule has 5 nitrogen and oxygen atoms in total. The molecule has 0 aromatic carbocycles. The van der Waals surface area contributed by atoms with Crippen LogP contribution in [0.3, 0.4) is 0 Å². The maximum atomic E-state index is 11.8. The quantitative estimate of drug-likeness (QED) is 0.623. The lowest BCUT2D eigenvalue weighted by Crippen LogP contribution is -2.27. The molecule has 0 aliphatic rings. The van der Waals surface area contributed by atoms with Crippen molar-refractivity contribution in [3.05, 3.63) is 59.2 Å². The van der Waals surface area contributed by atoms with Gasteiger partial charge in [0.25, 0.3) is 5.91 Å². The van der Waals surface area contributed by atoms with Crippen molar-refractivity contribution >= 4 is 11.7 Å². The molecule has 2 aromatic heterocycles. The van der Waals surface area contributed by atoms with Gasteiger partial charge in [-0.2, -0.15) is 4.73 Å². The number of pyridine rings is 2. The number of hydrogen-bond acceptors (Lipinski definition) is 3. The molecule has 2 heterocycles. The lowest BCUT2D eigenvalue weighted by Gasteiger charge is -2.04. The summed E-state index contributed by atoms with van der Waals surface area (Å²) < 4.78 is 0.582. The molecule has 2 aromatic rings. The zero-order chi connectivity index (χ0) is 12.3. The van der Waals surface area contributed by atoms with Gasteiger partial charge in [0, 0.05) is 12.3 Å². The van der Waals surface area contributed by atoms with Crippen molar-refractivity contribution in [1.82, 2.24) is 4.98 Å². The Balaban J connectivity index is 2.17. The first kappa shape index (κ1) is 11.1. The number of amides is 1. The average molecular weight is 229 g/mol. The van der Waals surface area contributed by atoms with E-state index >= 15 is 0 Å². The van der Waals surface area contributed by atoms with Gasteiger partial charge in [0.05, 0.1) is 0 Å². The number of hydrogen-bond donors (Lipinski definition) is 1. The van der Waals surface area contributed by atoms with Crippen LogP contribution in [0.2, 0.25) is 0 Å². The Morgan fingerprint density at radius 2 is 2.29 bits per heavy atom. The fourth-order valence-electron chi connectivity index (χ4n) is 1.38. The number of anilines is 1. The Morgan fingerprint density at radius 1 is 1.47 bits per heavy atom. The van der Waals surface area contributed by atoms with E-state index in [1.165, 1.54) is 18.5 Å². The minimum atomic E-state index is -0.353. The van der Waals surface area contributed by atoms with Crippen LogP contribution in [0.15, 0.2) is 42.9 Å². The van der Waals surface area contributed by atoms with Crippen LogP contribution < -0.4 is 10.0 Å². The van der Waals surface area contributed by atoms with Crippen LogP contribution in [-0.2, 0) is 0 Å². The Hall–Kier alpha value is -2.43. The predicted octanol–water partition coefficient (Wildman–Crippen LogP) is 1.28. The number of nitrogens with one attached hydrogen (secondary N) is 1. The minimum Gasteiger partial charge on any atom is -0.619 e. The van der Waals surface area contributed by atoms with Crippen LogP contribution in [0.4, 0.5) is 5.82 Å². The van der Waals surface area contributed by atoms with E-state index in [-0.39, 0.29) is 5.91 Å². The Bertz CT molecular complexity index is 555. The van der Waals surface area contributed by atoms with Gasteiger partial charge in [-0.25, -0.2) is 4.98 Å². The van der Waals surface area contributed by atoms with E-state index in [1.807, 2.05) is 13.0 Å². The van der Waals surface area contributed by atoms with E-state index in [1.54, 1.807) is 18.3 Å². The standard InChI is InChI=1S/C12H11N3O2/c1-9-4-5-13-11(7-9)14-12(16)10-3-2-6-15(17)8-10/h2-8H,1H3,(H,13,14,16). The second-order valence-electron chi connectivity index (χ2n) is 3.63. The van der Waals surface area contributed by atoms with Gasteiger partial charge in [-0.3, -0.25) is 4.79 Å². The highest BCUT2D eigenvalue weighted by atomic mass is 16.5. The van der Waals surface area contributed by atoms with Crippen LogP contribution in [0.25, 0.3) is 0 Å². The molecule has 0 bridgehead atoms. The highest BCUT2D eigenvalue weighted by Gasteiger charge is 2.09. The van der Waals surface area contributed by atoms with E-state index < -0.39 is 0 Å². The molecule has 0 fully saturated rings. The molecule has 0 atom stereocenters. The largest absolute Gasteiger partial charge is 0.619 e. The van der Waals surface area contributed by atoms with Gasteiger partial charge in [-0.05, 0) is 30.7 Å². The summed E-state index contributed by atoms with van der Waals surface area (Å²) in [6.45, 7) is 1.91. The van der Waals surface area contributed by atoms with E-state index in [0.717, 1.165) is 5.56 Å². The molecule has 1 amide bonds. The van der Waals surface area contributed by atoms with Crippen LogP contribution in [0, 0.1) is 12.1 Å². The van der Waals surface area contributed by atoms with Gasteiger partial charge < -0.3 is 10.5 Å². The van der Waals surface area contributed by atoms with Crippen molar-refractivity contribution in [2.45, 2.75) is 6.92 Å². The monoisotopic (exact) mass is 229 g/mol. The Morgan fingerprint density at radius 3 is 3.00 bits per heavy atom. The van der Waals surface area contributed by atoms with Crippen molar-refractivity contribution in [2.24, 2.45) is 0 Å². The topological polar surface area (TPSA) is 68.9 Å². The highest BCUT2D eigenvalue weighted by Crippen LogP contribution is 2.07. The van der Waals surface area contributed by atoms with Gasteiger partial charge in [0.1, 0.15) is 11.4 Å². The third-order valence-electron chi connectivity index (χ3n) is 2.19. The molecule has 2 rings (SSSR count). The maximum absolute atomic E-state index is 11.8. The van der Waals surface area contributed by atoms with Crippen LogP contribution in [0.5, 0.6) is 0 Å². The Kier molecular flexibility index (Phi) is 3.00. The first-order chi connectivity index (χ1) is 8.15. The average Bonchev–Trinajstić information content (AvgIpc) is 2.29. The molecule has 1 N–H and O–H groups in total. The van der Waals surface area contributed by atoms with Crippen molar-refractivity contribution in [2.75, 3.05) is 5.32 Å². The first-order valence-electron chi connectivity index (χ1n) is 5.08. The lowest BCUT2D eigenvalue weighted by atomic mass is 10.2. The molecular weight excluding hydrogens is 218 g/mol. The minimum absolute atomic E-state index is 0.297. The van der Waals surface area contributed by atoms with Crippen molar-refractivity contribution in [3.8, 4) is 0 Å². The fourth-order valence-corrected chi connectivity index (χ4v) is 1.38. The van der Waals surface area contributed by atoms with E-state index in [9.17, 15) is 10.0 Å². The molecule has 0 unspecified atom stereocenters. The number of aromatic nitrogens is 2. The van der Waals surface area contributed by atoms with Crippen molar-refractivity contribution in [3.63, 3.8) is 0 Å². The SMILES string of the molecule is Cc1ccnc(NC(=O)c2ccc[n+]([O-])c2)c1. The van der Waals surface area contributed by atoms with Gasteiger partial charge in [0.15, 0.2) is 12.4 Å². The second-order valence-corrected chi connectivity index (χ2v) is 3.63. The first-order valence-corrected chi connectivity index (χ1v) is 5.08. The smallest absolute Gasteiger partial charge is 0.262 e. The number of carbonyl (C=O) groups excluding carboxylic acids is 1. The summed E-state index contributed by atoms with van der Waals surface area (Å²) in [6.07, 6.45) is 4.15. The van der Waals surface area contributed by atoms with Crippen molar-refractivity contribution in [1.29, 1.82) is 0 Å².